The Morgan fingerprint density at radius 3 is 2.11 bits per heavy atom. The molecule has 0 bridgehead atoms. The number of nitrogens with one attached hydrogen (secondary N) is 2. The number of benzene rings is 2. The molecule has 188 valence electrons. The van der Waals surface area contributed by atoms with Crippen molar-refractivity contribution in [3.8, 4) is 11.1 Å². The molecule has 10 heteroatoms. The highest BCUT2D eigenvalue weighted by Gasteiger charge is 2.45. The summed E-state index contributed by atoms with van der Waals surface area (Å²) in [4.78, 5) is 35.4. The minimum absolute atomic E-state index is 0.0801. The van der Waals surface area contributed by atoms with Crippen LogP contribution in [-0.2, 0) is 14.3 Å². The van der Waals surface area contributed by atoms with Crippen LogP contribution in [0.5, 0.6) is 0 Å². The van der Waals surface area contributed by atoms with Gasteiger partial charge in [-0.3, -0.25) is 9.59 Å². The zero-order valence-corrected chi connectivity index (χ0v) is 19.1. The van der Waals surface area contributed by atoms with E-state index in [-0.39, 0.29) is 18.9 Å². The van der Waals surface area contributed by atoms with Crippen molar-refractivity contribution in [2.24, 2.45) is 5.92 Å². The van der Waals surface area contributed by atoms with Crippen LogP contribution in [0, 0.1) is 5.92 Å². The Morgan fingerprint density at radius 1 is 1.03 bits per heavy atom. The van der Waals surface area contributed by atoms with E-state index >= 15 is 0 Å². The molecular formula is C25H27F3N2O5. The minimum Gasteiger partial charge on any atom is -0.481 e. The Hall–Kier alpha value is -3.56. The molecule has 0 aliphatic heterocycles. The normalized spacial score (nSPS) is 14.4. The number of carboxylic acid groups (broad SMARTS) is 1. The summed E-state index contributed by atoms with van der Waals surface area (Å²) in [6, 6.07) is 15.0. The lowest BCUT2D eigenvalue weighted by Crippen LogP contribution is -2.44. The van der Waals surface area contributed by atoms with Gasteiger partial charge in [0.1, 0.15) is 6.61 Å². The van der Waals surface area contributed by atoms with E-state index in [1.807, 2.05) is 60.8 Å². The maximum absolute atomic E-state index is 12.8. The van der Waals surface area contributed by atoms with E-state index in [4.69, 9.17) is 9.84 Å². The zero-order valence-electron chi connectivity index (χ0n) is 19.1. The van der Waals surface area contributed by atoms with Gasteiger partial charge in [0.15, 0.2) is 5.92 Å². The molecule has 35 heavy (non-hydrogen) atoms. The predicted molar refractivity (Wildman–Crippen MR) is 122 cm³/mol. The molecule has 0 fully saturated rings. The van der Waals surface area contributed by atoms with E-state index in [9.17, 15) is 27.6 Å². The molecule has 1 aliphatic rings. The van der Waals surface area contributed by atoms with Crippen molar-refractivity contribution in [2.45, 2.75) is 44.3 Å². The summed E-state index contributed by atoms with van der Waals surface area (Å²) >= 11 is 0. The van der Waals surface area contributed by atoms with E-state index < -0.39 is 42.7 Å². The molecule has 2 aromatic carbocycles. The van der Waals surface area contributed by atoms with E-state index in [2.05, 4.69) is 5.32 Å². The highest BCUT2D eigenvalue weighted by Crippen LogP contribution is 2.44. The van der Waals surface area contributed by atoms with Crippen molar-refractivity contribution < 1.29 is 37.4 Å². The smallest absolute Gasteiger partial charge is 0.407 e. The van der Waals surface area contributed by atoms with Gasteiger partial charge in [-0.15, -0.1) is 0 Å². The van der Waals surface area contributed by atoms with Gasteiger partial charge in [-0.1, -0.05) is 61.9 Å². The van der Waals surface area contributed by atoms with Crippen LogP contribution in [0.3, 0.4) is 0 Å². The molecule has 3 N–H and O–H groups in total. The number of alkyl halides is 3. The Morgan fingerprint density at radius 2 is 1.60 bits per heavy atom. The molecule has 1 aliphatic carbocycles. The van der Waals surface area contributed by atoms with Gasteiger partial charge in [0, 0.05) is 24.9 Å². The van der Waals surface area contributed by atoms with Gasteiger partial charge >= 0.3 is 18.2 Å². The average molecular weight is 492 g/mol. The summed E-state index contributed by atoms with van der Waals surface area (Å²) < 4.78 is 43.8. The van der Waals surface area contributed by atoms with Crippen molar-refractivity contribution >= 4 is 18.0 Å². The molecule has 0 heterocycles. The molecule has 2 aromatic rings. The second-order valence-corrected chi connectivity index (χ2v) is 8.40. The predicted octanol–water partition coefficient (Wildman–Crippen LogP) is 4.46. The highest BCUT2D eigenvalue weighted by atomic mass is 19.4. The van der Waals surface area contributed by atoms with Crippen molar-refractivity contribution in [2.75, 3.05) is 13.2 Å². The van der Waals surface area contributed by atoms with Gasteiger partial charge < -0.3 is 20.5 Å². The summed E-state index contributed by atoms with van der Waals surface area (Å²) in [7, 11) is 0. The van der Waals surface area contributed by atoms with Gasteiger partial charge in [0.2, 0.25) is 5.91 Å². The van der Waals surface area contributed by atoms with Crippen LogP contribution in [-0.4, -0.2) is 48.4 Å². The number of carbonyl (C=O) groups is 3. The number of hydrogen-bond donors (Lipinski definition) is 3. The third-order valence-corrected chi connectivity index (χ3v) is 5.93. The Labute approximate surface area is 200 Å². The first kappa shape index (κ1) is 26.1. The number of hydrogen-bond acceptors (Lipinski definition) is 4. The molecule has 0 saturated heterocycles. The number of alkyl carbamates (subject to hydrolysis) is 1. The van der Waals surface area contributed by atoms with Gasteiger partial charge in [-0.05, 0) is 28.7 Å². The van der Waals surface area contributed by atoms with Crippen LogP contribution in [0.15, 0.2) is 48.5 Å². The SMILES string of the molecule is CCC[C@H](CC(=O)NCC(C(=O)O)C(F)(F)F)NC(=O)OCC1c2ccccc2-c2ccccc21. The molecule has 1 unspecified atom stereocenters. The van der Waals surface area contributed by atoms with Crippen LogP contribution in [0.25, 0.3) is 11.1 Å². The van der Waals surface area contributed by atoms with E-state index in [0.717, 1.165) is 22.3 Å². The summed E-state index contributed by atoms with van der Waals surface area (Å²) in [6.45, 7) is 0.826. The number of amides is 2. The van der Waals surface area contributed by atoms with Crippen LogP contribution in [0.2, 0.25) is 0 Å². The summed E-state index contributed by atoms with van der Waals surface area (Å²) in [6.07, 6.45) is -5.04. The molecular weight excluding hydrogens is 465 g/mol. The number of aliphatic carboxylic acids is 1. The minimum atomic E-state index is -4.98. The van der Waals surface area contributed by atoms with Crippen molar-refractivity contribution in [3.05, 3.63) is 59.7 Å². The first-order valence-corrected chi connectivity index (χ1v) is 11.3. The highest BCUT2D eigenvalue weighted by molar-refractivity contribution is 5.80. The molecule has 2 atom stereocenters. The third kappa shape index (κ3) is 6.52. The number of ether oxygens (including phenoxy) is 1. The topological polar surface area (TPSA) is 105 Å². The Kier molecular flexibility index (Phi) is 8.37. The first-order valence-electron chi connectivity index (χ1n) is 11.3. The third-order valence-electron chi connectivity index (χ3n) is 5.93. The van der Waals surface area contributed by atoms with Crippen LogP contribution >= 0.6 is 0 Å². The Balaban J connectivity index is 1.56. The lowest BCUT2D eigenvalue weighted by atomic mass is 9.98. The number of rotatable bonds is 10. The maximum atomic E-state index is 12.8. The lowest BCUT2D eigenvalue weighted by molar-refractivity contribution is -0.192. The van der Waals surface area contributed by atoms with Crippen LogP contribution in [0.1, 0.15) is 43.2 Å². The number of carbonyl (C=O) groups excluding carboxylic acids is 2. The standard InChI is InChI=1S/C25H27F3N2O5/c1-2-7-15(12-22(31)29-13-21(23(32)33)25(26,27)28)30-24(34)35-14-20-18-10-5-3-8-16(18)17-9-4-6-11-19(17)20/h3-6,8-11,15,20-21H,2,7,12-14H2,1H3,(H,29,31)(H,30,34)(H,32,33)/t15-,21?/m1/s1. The molecule has 3 rings (SSSR count). The van der Waals surface area contributed by atoms with E-state index in [1.165, 1.54) is 0 Å². The van der Waals surface area contributed by atoms with Gasteiger partial charge in [-0.2, -0.15) is 13.2 Å². The first-order chi connectivity index (χ1) is 16.6. The Bertz CT molecular complexity index is 1030. The average Bonchev–Trinajstić information content (AvgIpc) is 3.10. The molecule has 0 saturated carbocycles. The fraction of sp³-hybridized carbons (Fsp3) is 0.400. The molecule has 0 radical (unpaired) electrons. The number of halogens is 3. The maximum Gasteiger partial charge on any atom is 0.407 e. The monoisotopic (exact) mass is 492 g/mol. The molecule has 7 nitrogen and oxygen atoms in total. The lowest BCUT2D eigenvalue weighted by Gasteiger charge is -2.20. The second-order valence-electron chi connectivity index (χ2n) is 8.40. The largest absolute Gasteiger partial charge is 0.481 e. The summed E-state index contributed by atoms with van der Waals surface area (Å²) in [5.74, 6) is -5.71. The van der Waals surface area contributed by atoms with Crippen molar-refractivity contribution in [1.82, 2.24) is 10.6 Å². The molecule has 2 amide bonds. The fourth-order valence-electron chi connectivity index (χ4n) is 4.24. The zero-order chi connectivity index (χ0) is 25.6. The summed E-state index contributed by atoms with van der Waals surface area (Å²) in [5.41, 5.74) is 4.25. The van der Waals surface area contributed by atoms with Crippen LogP contribution < -0.4 is 10.6 Å². The number of carboxylic acids is 1. The van der Waals surface area contributed by atoms with E-state index in [1.54, 1.807) is 0 Å². The fourth-order valence-corrected chi connectivity index (χ4v) is 4.24. The summed E-state index contributed by atoms with van der Waals surface area (Å²) in [5, 5.41) is 13.3. The van der Waals surface area contributed by atoms with Gasteiger partial charge in [0.25, 0.3) is 0 Å². The van der Waals surface area contributed by atoms with E-state index in [0.29, 0.717) is 12.8 Å². The number of fused-ring (bicyclic) bond motifs is 3. The molecule has 0 spiro atoms. The van der Waals surface area contributed by atoms with Crippen LogP contribution in [0.4, 0.5) is 18.0 Å². The second kappa shape index (κ2) is 11.2. The van der Waals surface area contributed by atoms with Crippen molar-refractivity contribution in [1.29, 1.82) is 0 Å². The molecule has 0 aromatic heterocycles. The quantitative estimate of drug-likeness (QED) is 0.454. The van der Waals surface area contributed by atoms with Gasteiger partial charge in [0.05, 0.1) is 0 Å². The van der Waals surface area contributed by atoms with Crippen molar-refractivity contribution in [3.63, 3.8) is 0 Å². The van der Waals surface area contributed by atoms with Gasteiger partial charge in [-0.25, -0.2) is 4.79 Å².